The first-order chi connectivity index (χ1) is 28.3. The molecule has 2 aliphatic carbocycles. The number of fused-ring (bicyclic) bond motifs is 6. The first kappa shape index (κ1) is 33.2. The Kier molecular flexibility index (Phi) is 7.89. The van der Waals surface area contributed by atoms with Crippen LogP contribution in [0, 0.1) is 0 Å². The molecule has 2 aliphatic rings. The van der Waals surface area contributed by atoms with E-state index in [2.05, 4.69) is 234 Å². The van der Waals surface area contributed by atoms with Crippen molar-refractivity contribution in [2.75, 3.05) is 4.90 Å². The Bertz CT molecular complexity index is 2940. The summed E-state index contributed by atoms with van der Waals surface area (Å²) < 4.78 is 2.38. The van der Waals surface area contributed by atoms with Crippen LogP contribution < -0.4 is 4.90 Å². The van der Waals surface area contributed by atoms with Crippen LogP contribution in [0.1, 0.15) is 34.2 Å². The number of benzene rings is 8. The molecule has 0 amide bonds. The maximum Gasteiger partial charge on any atom is 0.0714 e. The zero-order valence-electron chi connectivity index (χ0n) is 31.5. The van der Waals surface area contributed by atoms with E-state index in [4.69, 9.17) is 0 Å². The highest BCUT2D eigenvalue weighted by Crippen LogP contribution is 2.57. The van der Waals surface area contributed by atoms with E-state index in [0.29, 0.717) is 0 Å². The second-order valence-electron chi connectivity index (χ2n) is 15.2. The van der Waals surface area contributed by atoms with E-state index in [1.807, 2.05) is 0 Å². The molecule has 0 radical (unpaired) electrons. The van der Waals surface area contributed by atoms with Crippen LogP contribution in [-0.4, -0.2) is 10.6 Å². The Morgan fingerprint density at radius 3 is 1.81 bits per heavy atom. The Labute approximate surface area is 333 Å². The van der Waals surface area contributed by atoms with Gasteiger partial charge in [-0.15, -0.1) is 0 Å². The lowest BCUT2D eigenvalue weighted by molar-refractivity contribution is 0.761. The van der Waals surface area contributed by atoms with Crippen LogP contribution in [0.4, 0.5) is 11.4 Å². The third-order valence-electron chi connectivity index (χ3n) is 12.2. The van der Waals surface area contributed by atoms with Crippen molar-refractivity contribution in [3.63, 3.8) is 0 Å². The molecule has 1 aromatic heterocycles. The van der Waals surface area contributed by atoms with Crippen molar-refractivity contribution in [3.05, 3.63) is 252 Å². The third-order valence-corrected chi connectivity index (χ3v) is 12.2. The molecule has 1 unspecified atom stereocenters. The highest BCUT2D eigenvalue weighted by Gasteiger charge is 2.46. The standard InChI is InChI=1S/C55H40N2/c1-5-17-41(18-6-1)55(42-19-7-2-8-20-42)51-27-15-13-25-47(51)48-35-34-46(38-52(48)55)56(43-21-9-3-10-22-43)45-32-29-39(30-33-45)40-31-36-54-50(37-40)49-26-14-16-28-53(49)57(54)44-23-11-4-12-24-44/h1-32,34-38,45H,33H2. The van der Waals surface area contributed by atoms with Gasteiger partial charge in [0.25, 0.3) is 0 Å². The monoisotopic (exact) mass is 728 g/mol. The summed E-state index contributed by atoms with van der Waals surface area (Å²) in [6.45, 7) is 0. The van der Waals surface area contributed by atoms with Gasteiger partial charge >= 0.3 is 0 Å². The van der Waals surface area contributed by atoms with Gasteiger partial charge in [0.05, 0.1) is 22.5 Å². The van der Waals surface area contributed by atoms with E-state index in [1.54, 1.807) is 0 Å². The third kappa shape index (κ3) is 5.25. The van der Waals surface area contributed by atoms with E-state index in [0.717, 1.165) is 6.42 Å². The Hall–Kier alpha value is -7.16. The molecule has 57 heavy (non-hydrogen) atoms. The summed E-state index contributed by atoms with van der Waals surface area (Å²) in [7, 11) is 0. The summed E-state index contributed by atoms with van der Waals surface area (Å²) in [5.41, 5.74) is 15.8. The summed E-state index contributed by atoms with van der Waals surface area (Å²) in [6, 6.07) is 75.7. The van der Waals surface area contributed by atoms with Gasteiger partial charge < -0.3 is 9.47 Å². The quantitative estimate of drug-likeness (QED) is 0.159. The van der Waals surface area contributed by atoms with Crippen molar-refractivity contribution in [1.29, 1.82) is 0 Å². The molecule has 1 atom stereocenters. The topological polar surface area (TPSA) is 8.17 Å². The summed E-state index contributed by atoms with van der Waals surface area (Å²) >= 11 is 0. The van der Waals surface area contributed by atoms with Gasteiger partial charge in [0.2, 0.25) is 0 Å². The van der Waals surface area contributed by atoms with Gasteiger partial charge in [-0.1, -0.05) is 170 Å². The fraction of sp³-hybridized carbons (Fsp3) is 0.0545. The van der Waals surface area contributed by atoms with Crippen molar-refractivity contribution in [3.8, 4) is 16.8 Å². The number of nitrogens with zero attached hydrogens (tertiary/aromatic N) is 2. The lowest BCUT2D eigenvalue weighted by Gasteiger charge is -2.36. The number of hydrogen-bond donors (Lipinski definition) is 0. The molecule has 11 rings (SSSR count). The minimum atomic E-state index is -0.454. The van der Waals surface area contributed by atoms with E-state index in [9.17, 15) is 0 Å². The van der Waals surface area contributed by atoms with Crippen LogP contribution in [0.5, 0.6) is 0 Å². The predicted octanol–water partition coefficient (Wildman–Crippen LogP) is 13.7. The normalized spacial score (nSPS) is 15.3. The summed E-state index contributed by atoms with van der Waals surface area (Å²) in [4.78, 5) is 2.53. The lowest BCUT2D eigenvalue weighted by Crippen LogP contribution is -2.31. The molecule has 0 saturated carbocycles. The average molecular weight is 729 g/mol. The zero-order chi connectivity index (χ0) is 37.8. The minimum absolute atomic E-state index is 0.129. The Morgan fingerprint density at radius 1 is 0.474 bits per heavy atom. The molecule has 0 fully saturated rings. The zero-order valence-corrected chi connectivity index (χ0v) is 31.5. The van der Waals surface area contributed by atoms with Crippen LogP contribution in [0.25, 0.3) is 44.2 Å². The number of rotatable bonds is 7. The largest absolute Gasteiger partial charge is 0.334 e. The Morgan fingerprint density at radius 2 is 1.09 bits per heavy atom. The first-order valence-electron chi connectivity index (χ1n) is 20.0. The number of hydrogen-bond acceptors (Lipinski definition) is 1. The number of anilines is 2. The van der Waals surface area contributed by atoms with Crippen molar-refractivity contribution in [2.24, 2.45) is 0 Å². The molecule has 8 aromatic carbocycles. The number of aromatic nitrogens is 1. The van der Waals surface area contributed by atoms with Gasteiger partial charge in [0.1, 0.15) is 0 Å². The summed E-state index contributed by atoms with van der Waals surface area (Å²) in [5.74, 6) is 0. The molecule has 1 heterocycles. The van der Waals surface area contributed by atoms with Gasteiger partial charge in [-0.2, -0.15) is 0 Å². The highest BCUT2D eigenvalue weighted by molar-refractivity contribution is 6.10. The van der Waals surface area contributed by atoms with E-state index >= 15 is 0 Å². The average Bonchev–Trinajstić information content (AvgIpc) is 3.78. The van der Waals surface area contributed by atoms with E-state index in [1.165, 1.54) is 83.4 Å². The number of allylic oxidation sites excluding steroid dienone is 2. The van der Waals surface area contributed by atoms with Crippen molar-refractivity contribution < 1.29 is 0 Å². The van der Waals surface area contributed by atoms with E-state index in [-0.39, 0.29) is 6.04 Å². The molecule has 270 valence electrons. The van der Waals surface area contributed by atoms with Crippen LogP contribution in [0.2, 0.25) is 0 Å². The van der Waals surface area contributed by atoms with Crippen molar-refractivity contribution >= 4 is 38.8 Å². The van der Waals surface area contributed by atoms with E-state index < -0.39 is 5.41 Å². The fourth-order valence-electron chi connectivity index (χ4n) is 9.73. The van der Waals surface area contributed by atoms with Crippen LogP contribution in [0.15, 0.2) is 224 Å². The molecule has 2 nitrogen and oxygen atoms in total. The molecular weight excluding hydrogens is 689 g/mol. The van der Waals surface area contributed by atoms with Crippen LogP contribution in [0.3, 0.4) is 0 Å². The molecule has 9 aromatic rings. The Balaban J connectivity index is 1.01. The summed E-state index contributed by atoms with van der Waals surface area (Å²) in [6.07, 6.45) is 8.05. The maximum atomic E-state index is 2.53. The molecule has 0 N–H and O–H groups in total. The lowest BCUT2D eigenvalue weighted by atomic mass is 9.67. The van der Waals surface area contributed by atoms with Gasteiger partial charge in [-0.05, 0) is 106 Å². The fourth-order valence-corrected chi connectivity index (χ4v) is 9.73. The van der Waals surface area contributed by atoms with Gasteiger partial charge in [0, 0.05) is 27.8 Å². The van der Waals surface area contributed by atoms with Crippen molar-refractivity contribution in [1.82, 2.24) is 4.57 Å². The van der Waals surface area contributed by atoms with Gasteiger partial charge in [0.15, 0.2) is 0 Å². The maximum absolute atomic E-state index is 2.53. The molecule has 0 spiro atoms. The van der Waals surface area contributed by atoms with Crippen molar-refractivity contribution in [2.45, 2.75) is 17.9 Å². The number of para-hydroxylation sites is 3. The SMILES string of the molecule is C1=CC(N(c2ccccc2)c2ccc3c(c2)C(c2ccccc2)(c2ccccc2)c2ccccc2-3)CC=C1c1ccc2c(c1)c1ccccc1n2-c1ccccc1. The van der Waals surface area contributed by atoms with Gasteiger partial charge in [-0.25, -0.2) is 0 Å². The van der Waals surface area contributed by atoms with Gasteiger partial charge in [-0.3, -0.25) is 0 Å². The molecule has 0 bridgehead atoms. The first-order valence-corrected chi connectivity index (χ1v) is 20.0. The molecule has 0 saturated heterocycles. The molecule has 0 aliphatic heterocycles. The highest BCUT2D eigenvalue weighted by atomic mass is 15.2. The second kappa shape index (κ2) is 13.5. The molecule has 2 heteroatoms. The van der Waals surface area contributed by atoms with Crippen LogP contribution >= 0.6 is 0 Å². The molecular formula is C55H40N2. The minimum Gasteiger partial charge on any atom is -0.334 e. The smallest absolute Gasteiger partial charge is 0.0714 e. The second-order valence-corrected chi connectivity index (χ2v) is 15.2. The van der Waals surface area contributed by atoms with Crippen LogP contribution in [-0.2, 0) is 5.41 Å². The summed E-state index contributed by atoms with van der Waals surface area (Å²) in [5, 5.41) is 2.54. The predicted molar refractivity (Wildman–Crippen MR) is 239 cm³/mol.